The molecule has 2 N–H and O–H groups in total. The van der Waals surface area contributed by atoms with Crippen LogP contribution in [0.4, 0.5) is 0 Å². The number of halogens is 1. The Morgan fingerprint density at radius 1 is 1.41 bits per heavy atom. The number of rotatable bonds is 6. The third-order valence-corrected chi connectivity index (χ3v) is 4.78. The molecule has 6 heteroatoms. The quantitative estimate of drug-likeness (QED) is 0.848. The Labute approximate surface area is 138 Å². The fourth-order valence-corrected chi connectivity index (χ4v) is 3.12. The lowest BCUT2D eigenvalue weighted by Gasteiger charge is -2.15. The minimum Gasteiger partial charge on any atom is -0.497 e. The molecule has 2 atom stereocenters. The highest BCUT2D eigenvalue weighted by molar-refractivity contribution is 7.16. The van der Waals surface area contributed by atoms with Crippen LogP contribution in [-0.4, -0.2) is 24.7 Å². The number of ether oxygens (including phenoxy) is 1. The van der Waals surface area contributed by atoms with Crippen molar-refractivity contribution in [1.82, 2.24) is 5.32 Å². The van der Waals surface area contributed by atoms with Crippen LogP contribution in [0, 0.1) is 0 Å². The SMILES string of the molecule is COc1cccc(C(O)CNC(=O)C(C)c2ccc(Cl)s2)c1. The van der Waals surface area contributed by atoms with Crippen molar-refractivity contribution in [3.05, 3.63) is 51.2 Å². The van der Waals surface area contributed by atoms with E-state index in [0.29, 0.717) is 15.6 Å². The van der Waals surface area contributed by atoms with Gasteiger partial charge in [0.2, 0.25) is 5.91 Å². The first kappa shape index (κ1) is 16.8. The molecule has 0 saturated heterocycles. The second-order valence-electron chi connectivity index (χ2n) is 4.90. The molecule has 1 heterocycles. The number of carbonyl (C=O) groups is 1. The van der Waals surface area contributed by atoms with Crippen LogP contribution in [0.25, 0.3) is 0 Å². The first-order chi connectivity index (χ1) is 10.5. The van der Waals surface area contributed by atoms with Gasteiger partial charge in [-0.25, -0.2) is 0 Å². The molecule has 0 fully saturated rings. The normalized spacial score (nSPS) is 13.5. The van der Waals surface area contributed by atoms with Gasteiger partial charge in [-0.2, -0.15) is 0 Å². The summed E-state index contributed by atoms with van der Waals surface area (Å²) in [5.74, 6) is 0.236. The van der Waals surface area contributed by atoms with Crippen molar-refractivity contribution in [3.63, 3.8) is 0 Å². The lowest BCUT2D eigenvalue weighted by molar-refractivity contribution is -0.122. The van der Waals surface area contributed by atoms with Crippen LogP contribution in [0.2, 0.25) is 4.34 Å². The number of methoxy groups -OCH3 is 1. The summed E-state index contributed by atoms with van der Waals surface area (Å²) in [5, 5.41) is 12.9. The third kappa shape index (κ3) is 4.22. The fourth-order valence-electron chi connectivity index (χ4n) is 2.01. The Hall–Kier alpha value is -1.56. The van der Waals surface area contributed by atoms with Crippen LogP contribution in [0.5, 0.6) is 5.75 Å². The molecule has 118 valence electrons. The molecule has 2 aromatic rings. The zero-order chi connectivity index (χ0) is 16.1. The van der Waals surface area contributed by atoms with Gasteiger partial charge in [-0.3, -0.25) is 4.79 Å². The van der Waals surface area contributed by atoms with E-state index in [1.807, 2.05) is 13.0 Å². The van der Waals surface area contributed by atoms with Crippen molar-refractivity contribution in [2.24, 2.45) is 0 Å². The molecule has 1 amide bonds. The fraction of sp³-hybridized carbons (Fsp3) is 0.312. The van der Waals surface area contributed by atoms with Crippen molar-refractivity contribution < 1.29 is 14.6 Å². The monoisotopic (exact) mass is 339 g/mol. The first-order valence-electron chi connectivity index (χ1n) is 6.86. The number of hydrogen-bond donors (Lipinski definition) is 2. The van der Waals surface area contributed by atoms with Gasteiger partial charge in [-0.1, -0.05) is 23.7 Å². The second kappa shape index (κ2) is 7.63. The van der Waals surface area contributed by atoms with Gasteiger partial charge in [0.1, 0.15) is 5.75 Å². The molecule has 4 nitrogen and oxygen atoms in total. The van der Waals surface area contributed by atoms with Crippen LogP contribution in [0.1, 0.15) is 29.4 Å². The van der Waals surface area contributed by atoms with E-state index >= 15 is 0 Å². The van der Waals surface area contributed by atoms with Gasteiger partial charge in [0.05, 0.1) is 23.5 Å². The topological polar surface area (TPSA) is 58.6 Å². The molecule has 0 spiro atoms. The van der Waals surface area contributed by atoms with Crippen molar-refractivity contribution in [2.75, 3.05) is 13.7 Å². The van der Waals surface area contributed by atoms with Gasteiger partial charge in [0.15, 0.2) is 0 Å². The average Bonchev–Trinajstić information content (AvgIpc) is 2.98. The molecule has 1 aromatic carbocycles. The number of carbonyl (C=O) groups excluding carboxylic acids is 1. The average molecular weight is 340 g/mol. The molecular weight excluding hydrogens is 322 g/mol. The highest BCUT2D eigenvalue weighted by Crippen LogP contribution is 2.28. The van der Waals surface area contributed by atoms with Crippen molar-refractivity contribution in [1.29, 1.82) is 0 Å². The molecule has 0 saturated carbocycles. The second-order valence-corrected chi connectivity index (χ2v) is 6.65. The number of hydrogen-bond acceptors (Lipinski definition) is 4. The van der Waals surface area contributed by atoms with Gasteiger partial charge in [0.25, 0.3) is 0 Å². The Kier molecular flexibility index (Phi) is 5.83. The Morgan fingerprint density at radius 2 is 2.18 bits per heavy atom. The lowest BCUT2D eigenvalue weighted by Crippen LogP contribution is -2.31. The smallest absolute Gasteiger partial charge is 0.228 e. The summed E-state index contributed by atoms with van der Waals surface area (Å²) in [5.41, 5.74) is 0.700. The van der Waals surface area contributed by atoms with E-state index in [9.17, 15) is 9.90 Å². The highest BCUT2D eigenvalue weighted by atomic mass is 35.5. The molecule has 2 rings (SSSR count). The molecule has 0 aliphatic heterocycles. The predicted octanol–water partition coefficient (Wildman–Crippen LogP) is 3.36. The summed E-state index contributed by atoms with van der Waals surface area (Å²) in [6, 6.07) is 10.8. The molecule has 0 aliphatic rings. The number of aliphatic hydroxyl groups is 1. The molecule has 0 radical (unpaired) electrons. The predicted molar refractivity (Wildman–Crippen MR) is 88.7 cm³/mol. The molecule has 2 unspecified atom stereocenters. The van der Waals surface area contributed by atoms with E-state index in [1.165, 1.54) is 11.3 Å². The minimum atomic E-state index is -0.779. The Morgan fingerprint density at radius 3 is 2.82 bits per heavy atom. The molecule has 1 aromatic heterocycles. The van der Waals surface area contributed by atoms with Crippen LogP contribution in [-0.2, 0) is 4.79 Å². The van der Waals surface area contributed by atoms with Crippen molar-refractivity contribution in [2.45, 2.75) is 18.9 Å². The van der Waals surface area contributed by atoms with Gasteiger partial charge < -0.3 is 15.2 Å². The van der Waals surface area contributed by atoms with E-state index < -0.39 is 6.10 Å². The van der Waals surface area contributed by atoms with Crippen molar-refractivity contribution >= 4 is 28.8 Å². The van der Waals surface area contributed by atoms with E-state index in [4.69, 9.17) is 16.3 Å². The van der Waals surface area contributed by atoms with Gasteiger partial charge in [0, 0.05) is 11.4 Å². The van der Waals surface area contributed by atoms with E-state index in [0.717, 1.165) is 4.88 Å². The molecule has 0 bridgehead atoms. The summed E-state index contributed by atoms with van der Waals surface area (Å²) < 4.78 is 5.78. The maximum atomic E-state index is 12.1. The summed E-state index contributed by atoms with van der Waals surface area (Å²) in [7, 11) is 1.57. The number of benzene rings is 1. The van der Waals surface area contributed by atoms with E-state index in [1.54, 1.807) is 37.4 Å². The number of thiophene rings is 1. The Bertz CT molecular complexity index is 644. The zero-order valence-corrected chi connectivity index (χ0v) is 13.9. The molecule has 22 heavy (non-hydrogen) atoms. The van der Waals surface area contributed by atoms with Gasteiger partial charge >= 0.3 is 0 Å². The van der Waals surface area contributed by atoms with Gasteiger partial charge in [-0.15, -0.1) is 11.3 Å². The van der Waals surface area contributed by atoms with E-state index in [2.05, 4.69) is 5.32 Å². The molecular formula is C16H18ClNO3S. The standard InChI is InChI=1S/C16H18ClNO3S/c1-10(14-6-7-15(17)22-14)16(20)18-9-13(19)11-4-3-5-12(8-11)21-2/h3-8,10,13,19H,9H2,1-2H3,(H,18,20). The van der Waals surface area contributed by atoms with Gasteiger partial charge in [-0.05, 0) is 36.8 Å². The van der Waals surface area contributed by atoms with Crippen LogP contribution < -0.4 is 10.1 Å². The van der Waals surface area contributed by atoms with Crippen LogP contribution in [0.15, 0.2) is 36.4 Å². The summed E-state index contributed by atoms with van der Waals surface area (Å²) in [4.78, 5) is 13.0. The van der Waals surface area contributed by atoms with Crippen LogP contribution >= 0.6 is 22.9 Å². The zero-order valence-electron chi connectivity index (χ0n) is 12.4. The number of amides is 1. The highest BCUT2D eigenvalue weighted by Gasteiger charge is 2.18. The maximum absolute atomic E-state index is 12.1. The maximum Gasteiger partial charge on any atom is 0.228 e. The number of nitrogens with one attached hydrogen (secondary N) is 1. The third-order valence-electron chi connectivity index (χ3n) is 3.36. The summed E-state index contributed by atoms with van der Waals surface area (Å²) in [6.45, 7) is 1.96. The lowest BCUT2D eigenvalue weighted by atomic mass is 10.1. The van der Waals surface area contributed by atoms with Crippen LogP contribution in [0.3, 0.4) is 0 Å². The summed E-state index contributed by atoms with van der Waals surface area (Å²) in [6.07, 6.45) is -0.779. The summed E-state index contributed by atoms with van der Waals surface area (Å²) >= 11 is 7.27. The minimum absolute atomic E-state index is 0.138. The molecule has 0 aliphatic carbocycles. The Balaban J connectivity index is 1.92. The number of aliphatic hydroxyl groups excluding tert-OH is 1. The largest absolute Gasteiger partial charge is 0.497 e. The van der Waals surface area contributed by atoms with E-state index in [-0.39, 0.29) is 18.4 Å². The first-order valence-corrected chi connectivity index (χ1v) is 8.05. The van der Waals surface area contributed by atoms with Crippen molar-refractivity contribution in [3.8, 4) is 5.75 Å².